The van der Waals surface area contributed by atoms with Crippen molar-refractivity contribution in [3.05, 3.63) is 20.8 Å². The molecule has 14 heavy (non-hydrogen) atoms. The number of hydrogen-bond acceptors (Lipinski definition) is 2. The van der Waals surface area contributed by atoms with Gasteiger partial charge in [-0.3, -0.25) is 4.90 Å². The molecular weight excluding hydrogens is 258 g/mol. The van der Waals surface area contributed by atoms with Crippen molar-refractivity contribution < 1.29 is 0 Å². The predicted molar refractivity (Wildman–Crippen MR) is 67.9 cm³/mol. The van der Waals surface area contributed by atoms with E-state index in [0.717, 1.165) is 6.54 Å². The summed E-state index contributed by atoms with van der Waals surface area (Å²) >= 11 is 5.38. The first-order valence-electron chi connectivity index (χ1n) is 4.90. The Morgan fingerprint density at radius 1 is 1.50 bits per heavy atom. The lowest BCUT2D eigenvalue weighted by Crippen LogP contribution is -2.39. The van der Waals surface area contributed by atoms with Gasteiger partial charge >= 0.3 is 0 Å². The summed E-state index contributed by atoms with van der Waals surface area (Å²) in [5.74, 6) is 0. The van der Waals surface area contributed by atoms with Gasteiger partial charge in [0.1, 0.15) is 0 Å². The van der Waals surface area contributed by atoms with Crippen molar-refractivity contribution >= 4 is 27.3 Å². The van der Waals surface area contributed by atoms with E-state index < -0.39 is 0 Å². The molecule has 0 saturated carbocycles. The average Bonchev–Trinajstić information content (AvgIpc) is 2.52. The molecular formula is C11H18BrNS. The van der Waals surface area contributed by atoms with Crippen LogP contribution in [0.2, 0.25) is 0 Å². The molecule has 0 unspecified atom stereocenters. The van der Waals surface area contributed by atoms with Crippen LogP contribution in [0.25, 0.3) is 0 Å². The first-order valence-corrected chi connectivity index (χ1v) is 6.57. The van der Waals surface area contributed by atoms with E-state index in [9.17, 15) is 0 Å². The van der Waals surface area contributed by atoms with Crippen LogP contribution in [0, 0.1) is 0 Å². The van der Waals surface area contributed by atoms with Gasteiger partial charge in [-0.2, -0.15) is 0 Å². The van der Waals surface area contributed by atoms with E-state index in [4.69, 9.17) is 0 Å². The molecule has 1 heterocycles. The zero-order chi connectivity index (χ0) is 10.8. The Kier molecular flexibility index (Phi) is 4.16. The highest BCUT2D eigenvalue weighted by molar-refractivity contribution is 9.10. The number of halogens is 1. The molecule has 0 aliphatic rings. The van der Waals surface area contributed by atoms with Crippen molar-refractivity contribution in [2.75, 3.05) is 7.05 Å². The number of thiophene rings is 1. The van der Waals surface area contributed by atoms with Crippen LogP contribution in [0.1, 0.15) is 32.1 Å². The second-order valence-corrected chi connectivity index (χ2v) is 6.07. The van der Waals surface area contributed by atoms with Gasteiger partial charge in [0.2, 0.25) is 0 Å². The topological polar surface area (TPSA) is 3.24 Å². The molecule has 1 aromatic rings. The Bertz CT molecular complexity index is 293. The lowest BCUT2D eigenvalue weighted by atomic mass is 10.00. The SMILES string of the molecule is CCC(C)(C)N(C)Cc1sccc1Br. The van der Waals surface area contributed by atoms with E-state index in [1.165, 1.54) is 15.8 Å². The Morgan fingerprint density at radius 3 is 2.57 bits per heavy atom. The zero-order valence-electron chi connectivity index (χ0n) is 9.30. The van der Waals surface area contributed by atoms with E-state index >= 15 is 0 Å². The van der Waals surface area contributed by atoms with E-state index in [2.05, 4.69) is 60.1 Å². The molecule has 80 valence electrons. The summed E-state index contributed by atoms with van der Waals surface area (Å²) in [6.45, 7) is 7.84. The molecule has 0 amide bonds. The highest BCUT2D eigenvalue weighted by Crippen LogP contribution is 2.27. The molecule has 3 heteroatoms. The molecule has 0 saturated heterocycles. The Hall–Kier alpha value is 0.140. The minimum atomic E-state index is 0.281. The highest BCUT2D eigenvalue weighted by Gasteiger charge is 2.21. The Morgan fingerprint density at radius 2 is 2.14 bits per heavy atom. The van der Waals surface area contributed by atoms with E-state index in [1.807, 2.05) is 11.3 Å². The molecule has 1 aromatic heterocycles. The van der Waals surface area contributed by atoms with Gasteiger partial charge in [0.25, 0.3) is 0 Å². The monoisotopic (exact) mass is 275 g/mol. The minimum Gasteiger partial charge on any atom is -0.296 e. The van der Waals surface area contributed by atoms with E-state index in [1.54, 1.807) is 0 Å². The maximum absolute atomic E-state index is 3.57. The summed E-state index contributed by atoms with van der Waals surface area (Å²) in [6, 6.07) is 2.12. The van der Waals surface area contributed by atoms with Gasteiger partial charge in [0.15, 0.2) is 0 Å². The van der Waals surface area contributed by atoms with Crippen molar-refractivity contribution in [2.45, 2.75) is 39.3 Å². The summed E-state index contributed by atoms with van der Waals surface area (Å²) in [5, 5.41) is 2.13. The van der Waals surface area contributed by atoms with Crippen molar-refractivity contribution in [1.82, 2.24) is 4.90 Å². The number of hydrogen-bond donors (Lipinski definition) is 0. The molecule has 0 aromatic carbocycles. The van der Waals surface area contributed by atoms with Crippen molar-refractivity contribution in [3.63, 3.8) is 0 Å². The number of rotatable bonds is 4. The minimum absolute atomic E-state index is 0.281. The molecule has 0 aliphatic heterocycles. The first kappa shape index (κ1) is 12.2. The smallest absolute Gasteiger partial charge is 0.0341 e. The van der Waals surface area contributed by atoms with Crippen LogP contribution in [0.4, 0.5) is 0 Å². The van der Waals surface area contributed by atoms with Crippen LogP contribution in [-0.2, 0) is 6.54 Å². The Balaban J connectivity index is 2.66. The van der Waals surface area contributed by atoms with Gasteiger partial charge in [-0.15, -0.1) is 11.3 Å². The van der Waals surface area contributed by atoms with Gasteiger partial charge < -0.3 is 0 Å². The Labute approximate surface area is 99.3 Å². The second-order valence-electron chi connectivity index (χ2n) is 4.21. The summed E-state index contributed by atoms with van der Waals surface area (Å²) < 4.78 is 1.24. The fraction of sp³-hybridized carbons (Fsp3) is 0.636. The van der Waals surface area contributed by atoms with Crippen molar-refractivity contribution in [2.24, 2.45) is 0 Å². The molecule has 0 spiro atoms. The average molecular weight is 276 g/mol. The van der Waals surface area contributed by atoms with Gasteiger partial charge in [-0.1, -0.05) is 6.92 Å². The molecule has 0 N–H and O–H groups in total. The van der Waals surface area contributed by atoms with Crippen LogP contribution in [0.3, 0.4) is 0 Å². The molecule has 1 rings (SSSR count). The first-order chi connectivity index (χ1) is 6.47. The third-order valence-electron chi connectivity index (χ3n) is 2.97. The quantitative estimate of drug-likeness (QED) is 0.799. The fourth-order valence-electron chi connectivity index (χ4n) is 1.14. The normalized spacial score (nSPS) is 12.4. The van der Waals surface area contributed by atoms with Gasteiger partial charge in [0, 0.05) is 21.4 Å². The molecule has 0 bridgehead atoms. The predicted octanol–water partition coefficient (Wildman–Crippen LogP) is 4.13. The molecule has 0 atom stereocenters. The van der Waals surface area contributed by atoms with Crippen LogP contribution in [-0.4, -0.2) is 17.5 Å². The number of nitrogens with zero attached hydrogens (tertiary/aromatic N) is 1. The van der Waals surface area contributed by atoms with E-state index in [-0.39, 0.29) is 5.54 Å². The molecule has 0 aliphatic carbocycles. The zero-order valence-corrected chi connectivity index (χ0v) is 11.7. The van der Waals surface area contributed by atoms with Crippen molar-refractivity contribution in [3.8, 4) is 0 Å². The summed E-state index contributed by atoms with van der Waals surface area (Å²) in [5.41, 5.74) is 0.281. The van der Waals surface area contributed by atoms with Crippen LogP contribution >= 0.6 is 27.3 Å². The molecule has 1 nitrogen and oxygen atoms in total. The molecule has 0 fully saturated rings. The van der Waals surface area contributed by atoms with Crippen molar-refractivity contribution in [1.29, 1.82) is 0 Å². The summed E-state index contributed by atoms with van der Waals surface area (Å²) in [6.07, 6.45) is 1.17. The standard InChI is InChI=1S/C11H18BrNS/c1-5-11(2,3)13(4)8-10-9(12)6-7-14-10/h6-7H,5,8H2,1-4H3. The summed E-state index contributed by atoms with van der Waals surface area (Å²) in [7, 11) is 2.19. The third-order valence-corrected chi connectivity index (χ3v) is 4.88. The second kappa shape index (κ2) is 4.77. The maximum atomic E-state index is 3.57. The van der Waals surface area contributed by atoms with Gasteiger partial charge in [0.05, 0.1) is 0 Å². The maximum Gasteiger partial charge on any atom is 0.0341 e. The lowest BCUT2D eigenvalue weighted by Gasteiger charge is -2.34. The van der Waals surface area contributed by atoms with Crippen LogP contribution < -0.4 is 0 Å². The largest absolute Gasteiger partial charge is 0.296 e. The highest BCUT2D eigenvalue weighted by atomic mass is 79.9. The van der Waals surface area contributed by atoms with Crippen LogP contribution in [0.5, 0.6) is 0 Å². The van der Waals surface area contributed by atoms with Gasteiger partial charge in [-0.05, 0) is 54.7 Å². The van der Waals surface area contributed by atoms with E-state index in [0.29, 0.717) is 0 Å². The third kappa shape index (κ3) is 2.81. The fourth-order valence-corrected chi connectivity index (χ4v) is 2.67. The van der Waals surface area contributed by atoms with Gasteiger partial charge in [-0.25, -0.2) is 0 Å². The molecule has 0 radical (unpaired) electrons. The lowest BCUT2D eigenvalue weighted by molar-refractivity contribution is 0.144. The summed E-state index contributed by atoms with van der Waals surface area (Å²) in [4.78, 5) is 3.82. The van der Waals surface area contributed by atoms with Crippen LogP contribution in [0.15, 0.2) is 15.9 Å².